The van der Waals surface area contributed by atoms with Crippen LogP contribution >= 0.6 is 0 Å². The summed E-state index contributed by atoms with van der Waals surface area (Å²) in [7, 11) is 3.23. The monoisotopic (exact) mass is 524 g/mol. The summed E-state index contributed by atoms with van der Waals surface area (Å²) in [4.78, 5) is 29.3. The Morgan fingerprint density at radius 2 is 1.76 bits per heavy atom. The van der Waals surface area contributed by atoms with Crippen LogP contribution in [0.15, 0.2) is 42.9 Å². The average molecular weight is 525 g/mol. The van der Waals surface area contributed by atoms with Gasteiger partial charge in [0.2, 0.25) is 5.91 Å². The van der Waals surface area contributed by atoms with Crippen molar-refractivity contribution in [1.29, 1.82) is 0 Å². The van der Waals surface area contributed by atoms with E-state index in [-0.39, 0.29) is 24.3 Å². The number of hydrogen-bond acceptors (Lipinski definition) is 6. The number of likely N-dealkylation sites (N-methyl/N-ethyl adjacent to an activating group) is 1. The van der Waals surface area contributed by atoms with E-state index in [1.807, 2.05) is 42.5 Å². The van der Waals surface area contributed by atoms with Gasteiger partial charge in [0.15, 0.2) is 17.3 Å². The fraction of sp³-hybridized carbons (Fsp3) is 0.346. The SMILES string of the molecule is Cc1cnn(C(C)C)c1-c1ncc2c(n1)N(Cc1ccc(-c3nc(C(F)(F)F)cn3C)cc1)CC(=O)N2C. The van der Waals surface area contributed by atoms with Crippen LogP contribution < -0.4 is 9.80 Å². The molecule has 38 heavy (non-hydrogen) atoms. The lowest BCUT2D eigenvalue weighted by molar-refractivity contribution is -0.140. The maximum Gasteiger partial charge on any atom is 0.434 e. The number of alkyl halides is 3. The number of benzene rings is 1. The molecule has 0 bridgehead atoms. The van der Waals surface area contributed by atoms with Gasteiger partial charge in [0.25, 0.3) is 0 Å². The van der Waals surface area contributed by atoms with E-state index in [1.165, 1.54) is 11.6 Å². The molecule has 5 rings (SSSR count). The summed E-state index contributed by atoms with van der Waals surface area (Å²) in [6.07, 6.45) is -0.0999. The van der Waals surface area contributed by atoms with Gasteiger partial charge in [-0.2, -0.15) is 18.3 Å². The van der Waals surface area contributed by atoms with Crippen molar-refractivity contribution < 1.29 is 18.0 Å². The molecule has 0 radical (unpaired) electrons. The molecule has 4 heterocycles. The number of fused-ring (bicyclic) bond motifs is 1. The van der Waals surface area contributed by atoms with E-state index in [4.69, 9.17) is 4.98 Å². The Morgan fingerprint density at radius 1 is 1.05 bits per heavy atom. The van der Waals surface area contributed by atoms with E-state index in [2.05, 4.69) is 15.1 Å². The second kappa shape index (κ2) is 9.26. The van der Waals surface area contributed by atoms with Crippen LogP contribution in [0.1, 0.15) is 36.7 Å². The van der Waals surface area contributed by atoms with Crippen LogP contribution in [0.5, 0.6) is 0 Å². The number of amides is 1. The molecule has 1 aromatic carbocycles. The molecule has 4 aromatic rings. The maximum absolute atomic E-state index is 13.1. The Balaban J connectivity index is 1.46. The lowest BCUT2D eigenvalue weighted by Gasteiger charge is -2.34. The second-order valence-corrected chi connectivity index (χ2v) is 9.68. The summed E-state index contributed by atoms with van der Waals surface area (Å²) in [6, 6.07) is 7.21. The van der Waals surface area contributed by atoms with Crippen molar-refractivity contribution in [3.8, 4) is 22.9 Å². The van der Waals surface area contributed by atoms with Gasteiger partial charge in [-0.25, -0.2) is 15.0 Å². The number of carbonyl (C=O) groups is 1. The third kappa shape index (κ3) is 4.50. The van der Waals surface area contributed by atoms with Gasteiger partial charge in [0, 0.05) is 38.4 Å². The first-order chi connectivity index (χ1) is 17.9. The Labute approximate surface area is 217 Å². The van der Waals surface area contributed by atoms with E-state index in [0.717, 1.165) is 23.0 Å². The number of imidazole rings is 1. The molecule has 0 aliphatic carbocycles. The number of carbonyl (C=O) groups excluding carboxylic acids is 1. The van der Waals surface area contributed by atoms with Crippen molar-refractivity contribution in [2.24, 2.45) is 7.05 Å². The van der Waals surface area contributed by atoms with Gasteiger partial charge >= 0.3 is 6.18 Å². The predicted octanol–water partition coefficient (Wildman–Crippen LogP) is 4.63. The molecule has 0 unspecified atom stereocenters. The number of hydrogen-bond donors (Lipinski definition) is 0. The lowest BCUT2D eigenvalue weighted by Crippen LogP contribution is -2.44. The number of halogens is 3. The van der Waals surface area contributed by atoms with Crippen LogP contribution in [0.4, 0.5) is 24.7 Å². The lowest BCUT2D eigenvalue weighted by atomic mass is 10.1. The summed E-state index contributed by atoms with van der Waals surface area (Å²) in [5.41, 5.74) is 2.86. The number of aryl methyl sites for hydroxylation is 2. The summed E-state index contributed by atoms with van der Waals surface area (Å²) in [5, 5.41) is 4.46. The van der Waals surface area contributed by atoms with Crippen LogP contribution in [0, 0.1) is 6.92 Å². The van der Waals surface area contributed by atoms with Crippen molar-refractivity contribution in [3.05, 3.63) is 59.7 Å². The number of rotatable bonds is 5. The number of anilines is 2. The minimum Gasteiger partial charge on any atom is -0.341 e. The fourth-order valence-corrected chi connectivity index (χ4v) is 4.53. The van der Waals surface area contributed by atoms with Crippen LogP contribution in [-0.4, -0.2) is 48.8 Å². The molecule has 9 nitrogen and oxygen atoms in total. The van der Waals surface area contributed by atoms with Crippen molar-refractivity contribution in [1.82, 2.24) is 29.3 Å². The van der Waals surface area contributed by atoms with Crippen LogP contribution in [-0.2, 0) is 24.6 Å². The Hall–Kier alpha value is -4.22. The largest absolute Gasteiger partial charge is 0.434 e. The predicted molar refractivity (Wildman–Crippen MR) is 136 cm³/mol. The van der Waals surface area contributed by atoms with E-state index in [1.54, 1.807) is 36.5 Å². The highest BCUT2D eigenvalue weighted by Gasteiger charge is 2.34. The highest BCUT2D eigenvalue weighted by molar-refractivity contribution is 6.01. The third-order valence-electron chi connectivity index (χ3n) is 6.54. The molecule has 0 saturated heterocycles. The molecular formula is C26H27F3N8O. The first-order valence-corrected chi connectivity index (χ1v) is 12.1. The zero-order valence-electron chi connectivity index (χ0n) is 21.7. The van der Waals surface area contributed by atoms with Gasteiger partial charge in [-0.15, -0.1) is 0 Å². The van der Waals surface area contributed by atoms with E-state index >= 15 is 0 Å². The van der Waals surface area contributed by atoms with E-state index in [0.29, 0.717) is 29.4 Å². The smallest absolute Gasteiger partial charge is 0.341 e. The van der Waals surface area contributed by atoms with Crippen molar-refractivity contribution in [3.63, 3.8) is 0 Å². The average Bonchev–Trinajstić information content (AvgIpc) is 3.45. The molecule has 0 atom stereocenters. The first-order valence-electron chi connectivity index (χ1n) is 12.1. The van der Waals surface area contributed by atoms with Gasteiger partial charge in [-0.1, -0.05) is 24.3 Å². The number of nitrogens with zero attached hydrogens (tertiary/aromatic N) is 8. The van der Waals surface area contributed by atoms with Gasteiger partial charge in [0.1, 0.15) is 17.2 Å². The summed E-state index contributed by atoms with van der Waals surface area (Å²) in [5.74, 6) is 1.27. The van der Waals surface area contributed by atoms with Crippen LogP contribution in [0.25, 0.3) is 22.9 Å². The quantitative estimate of drug-likeness (QED) is 0.379. The molecule has 3 aromatic heterocycles. The topological polar surface area (TPSA) is 85.0 Å². The normalized spacial score (nSPS) is 14.0. The first kappa shape index (κ1) is 25.4. The Morgan fingerprint density at radius 3 is 2.39 bits per heavy atom. The number of aromatic nitrogens is 6. The van der Waals surface area contributed by atoms with E-state index in [9.17, 15) is 18.0 Å². The molecule has 0 fully saturated rings. The molecule has 12 heteroatoms. The second-order valence-electron chi connectivity index (χ2n) is 9.68. The Kier molecular flexibility index (Phi) is 6.20. The molecule has 0 N–H and O–H groups in total. The summed E-state index contributed by atoms with van der Waals surface area (Å²) >= 11 is 0. The van der Waals surface area contributed by atoms with Gasteiger partial charge < -0.3 is 14.4 Å². The molecule has 0 saturated carbocycles. The minimum atomic E-state index is -4.51. The van der Waals surface area contributed by atoms with Crippen LogP contribution in [0.3, 0.4) is 0 Å². The van der Waals surface area contributed by atoms with E-state index < -0.39 is 11.9 Å². The minimum absolute atomic E-state index is 0.0958. The zero-order valence-corrected chi connectivity index (χ0v) is 21.7. The van der Waals surface area contributed by atoms with Gasteiger partial charge in [-0.05, 0) is 31.9 Å². The molecule has 198 valence electrons. The maximum atomic E-state index is 13.1. The molecule has 1 amide bonds. The highest BCUT2D eigenvalue weighted by atomic mass is 19.4. The van der Waals surface area contributed by atoms with Crippen molar-refractivity contribution >= 4 is 17.4 Å². The molecular weight excluding hydrogens is 497 g/mol. The highest BCUT2D eigenvalue weighted by Crippen LogP contribution is 2.35. The molecule has 1 aliphatic heterocycles. The fourth-order valence-electron chi connectivity index (χ4n) is 4.53. The Bertz CT molecular complexity index is 1500. The standard InChI is InChI=1S/C26H27F3N8O/c1-15(2)37-22(16(3)10-31-37)23-30-11-19-25(33-23)36(14-21(38)35(19)5)12-17-6-8-18(9-7-17)24-32-20(13-34(24)4)26(27,28)29/h6-11,13,15H,12,14H2,1-5H3. The van der Waals surface area contributed by atoms with Gasteiger partial charge in [0.05, 0.1) is 18.9 Å². The van der Waals surface area contributed by atoms with Crippen molar-refractivity contribution in [2.45, 2.75) is 39.5 Å². The van der Waals surface area contributed by atoms with Crippen molar-refractivity contribution in [2.75, 3.05) is 23.4 Å². The molecule has 1 aliphatic rings. The summed E-state index contributed by atoms with van der Waals surface area (Å²) in [6.45, 7) is 6.52. The van der Waals surface area contributed by atoms with Crippen LogP contribution in [0.2, 0.25) is 0 Å². The molecule has 0 spiro atoms. The van der Waals surface area contributed by atoms with Gasteiger partial charge in [-0.3, -0.25) is 9.48 Å². The zero-order chi connectivity index (χ0) is 27.4. The summed E-state index contributed by atoms with van der Waals surface area (Å²) < 4.78 is 42.5. The third-order valence-corrected chi connectivity index (χ3v) is 6.54.